The Morgan fingerprint density at radius 3 is 2.96 bits per heavy atom. The van der Waals surface area contributed by atoms with E-state index in [2.05, 4.69) is 10.0 Å². The third-order valence-electron chi connectivity index (χ3n) is 4.38. The fourth-order valence-electron chi connectivity index (χ4n) is 2.95. The minimum Gasteiger partial charge on any atom is -0.492 e. The van der Waals surface area contributed by atoms with E-state index < -0.39 is 10.0 Å². The molecule has 2 unspecified atom stereocenters. The molecule has 24 heavy (non-hydrogen) atoms. The number of benzene rings is 1. The maximum atomic E-state index is 12.7. The summed E-state index contributed by atoms with van der Waals surface area (Å²) >= 11 is 6.00. The molecule has 2 fully saturated rings. The molecule has 2 aliphatic heterocycles. The van der Waals surface area contributed by atoms with Gasteiger partial charge in [0.2, 0.25) is 10.0 Å². The third kappa shape index (κ3) is 4.61. The number of ether oxygens (including phenoxy) is 2. The van der Waals surface area contributed by atoms with E-state index in [0.717, 1.165) is 32.4 Å². The molecule has 2 atom stereocenters. The van der Waals surface area contributed by atoms with Gasteiger partial charge in [-0.05, 0) is 44.0 Å². The van der Waals surface area contributed by atoms with Gasteiger partial charge in [0.1, 0.15) is 10.6 Å². The van der Waals surface area contributed by atoms with Gasteiger partial charge >= 0.3 is 0 Å². The molecule has 0 spiro atoms. The average molecular weight is 375 g/mol. The van der Waals surface area contributed by atoms with Gasteiger partial charge in [0.15, 0.2) is 0 Å². The lowest BCUT2D eigenvalue weighted by molar-refractivity contribution is 0.166. The summed E-state index contributed by atoms with van der Waals surface area (Å²) in [6.07, 6.45) is 2.98. The Kier molecular flexibility index (Phi) is 5.99. The zero-order chi connectivity index (χ0) is 17.0. The van der Waals surface area contributed by atoms with Crippen LogP contribution in [0.1, 0.15) is 19.3 Å². The molecule has 3 rings (SSSR count). The first-order valence-corrected chi connectivity index (χ1v) is 10.1. The number of hydrogen-bond acceptors (Lipinski definition) is 5. The highest BCUT2D eigenvalue weighted by Gasteiger charge is 2.24. The van der Waals surface area contributed by atoms with E-state index in [0.29, 0.717) is 36.4 Å². The lowest BCUT2D eigenvalue weighted by atomic mass is 10.1. The Bertz CT molecular complexity index is 656. The van der Waals surface area contributed by atoms with Crippen LogP contribution in [-0.4, -0.2) is 47.4 Å². The Labute approximate surface area is 147 Å². The number of hydrogen-bond donors (Lipinski definition) is 2. The van der Waals surface area contributed by atoms with Gasteiger partial charge < -0.3 is 14.8 Å². The Morgan fingerprint density at radius 1 is 1.38 bits per heavy atom. The van der Waals surface area contributed by atoms with Gasteiger partial charge in [-0.15, -0.1) is 0 Å². The van der Waals surface area contributed by atoms with E-state index in [4.69, 9.17) is 21.1 Å². The maximum absolute atomic E-state index is 12.7. The first-order chi connectivity index (χ1) is 11.5. The summed E-state index contributed by atoms with van der Waals surface area (Å²) in [6, 6.07) is 4.87. The van der Waals surface area contributed by atoms with Gasteiger partial charge in [-0.1, -0.05) is 11.6 Å². The van der Waals surface area contributed by atoms with Crippen LogP contribution >= 0.6 is 11.6 Å². The first-order valence-electron chi connectivity index (χ1n) is 8.28. The van der Waals surface area contributed by atoms with Crippen LogP contribution in [0.4, 0.5) is 0 Å². The highest BCUT2D eigenvalue weighted by atomic mass is 35.5. The van der Waals surface area contributed by atoms with Gasteiger partial charge in [0.25, 0.3) is 0 Å². The van der Waals surface area contributed by atoms with Crippen molar-refractivity contribution in [1.29, 1.82) is 0 Å². The van der Waals surface area contributed by atoms with Crippen LogP contribution in [0.2, 0.25) is 5.02 Å². The second-order valence-electron chi connectivity index (χ2n) is 6.28. The molecule has 8 heteroatoms. The van der Waals surface area contributed by atoms with Gasteiger partial charge in [-0.3, -0.25) is 0 Å². The zero-order valence-electron chi connectivity index (χ0n) is 13.5. The Morgan fingerprint density at radius 2 is 2.25 bits per heavy atom. The van der Waals surface area contributed by atoms with Crippen molar-refractivity contribution >= 4 is 21.6 Å². The number of halogens is 1. The smallest absolute Gasteiger partial charge is 0.244 e. The van der Waals surface area contributed by atoms with E-state index in [-0.39, 0.29) is 10.9 Å². The molecule has 0 aromatic heterocycles. The predicted octanol–water partition coefficient (Wildman–Crippen LogP) is 1.79. The first kappa shape index (κ1) is 17.9. The molecule has 0 amide bonds. The van der Waals surface area contributed by atoms with E-state index in [1.165, 1.54) is 6.07 Å². The molecule has 2 heterocycles. The second kappa shape index (κ2) is 8.01. The van der Waals surface area contributed by atoms with Crippen molar-refractivity contribution < 1.29 is 17.9 Å². The number of nitrogens with one attached hydrogen (secondary N) is 2. The van der Waals surface area contributed by atoms with Crippen molar-refractivity contribution in [3.05, 3.63) is 23.2 Å². The zero-order valence-corrected chi connectivity index (χ0v) is 15.0. The molecular weight excluding hydrogens is 352 g/mol. The van der Waals surface area contributed by atoms with E-state index in [1.54, 1.807) is 12.1 Å². The molecule has 1 aromatic carbocycles. The molecule has 2 N–H and O–H groups in total. The van der Waals surface area contributed by atoms with Crippen molar-refractivity contribution in [3.8, 4) is 5.75 Å². The second-order valence-corrected chi connectivity index (χ2v) is 8.45. The van der Waals surface area contributed by atoms with Gasteiger partial charge in [0.05, 0.1) is 13.2 Å². The minimum atomic E-state index is -3.68. The van der Waals surface area contributed by atoms with Crippen molar-refractivity contribution in [2.75, 3.05) is 32.9 Å². The number of sulfonamides is 1. The van der Waals surface area contributed by atoms with Crippen LogP contribution in [-0.2, 0) is 14.8 Å². The lowest BCUT2D eigenvalue weighted by Crippen LogP contribution is -2.37. The topological polar surface area (TPSA) is 76.7 Å². The molecule has 1 aromatic rings. The van der Waals surface area contributed by atoms with E-state index in [9.17, 15) is 8.42 Å². The van der Waals surface area contributed by atoms with Gasteiger partial charge in [0, 0.05) is 30.1 Å². The predicted molar refractivity (Wildman–Crippen MR) is 92.1 cm³/mol. The SMILES string of the molecule is O=S(=O)(NCC1CCCN1)c1cc(Cl)ccc1OCC1CCOC1. The van der Waals surface area contributed by atoms with Crippen LogP contribution in [0.5, 0.6) is 5.75 Å². The molecule has 0 saturated carbocycles. The molecule has 0 bridgehead atoms. The third-order valence-corrected chi connectivity index (χ3v) is 6.06. The summed E-state index contributed by atoms with van der Waals surface area (Å²) in [5.74, 6) is 0.630. The Hall–Kier alpha value is -0.860. The van der Waals surface area contributed by atoms with Crippen LogP contribution in [0.3, 0.4) is 0 Å². The molecule has 2 aliphatic rings. The minimum absolute atomic E-state index is 0.0897. The van der Waals surface area contributed by atoms with Crippen LogP contribution in [0, 0.1) is 5.92 Å². The highest BCUT2D eigenvalue weighted by Crippen LogP contribution is 2.28. The van der Waals surface area contributed by atoms with Crippen LogP contribution in [0.25, 0.3) is 0 Å². The monoisotopic (exact) mass is 374 g/mol. The van der Waals surface area contributed by atoms with Crippen molar-refractivity contribution in [1.82, 2.24) is 10.0 Å². The molecule has 0 aliphatic carbocycles. The standard InChI is InChI=1S/C16H23ClN2O4S/c17-13-3-4-15(23-11-12-5-7-22-10-12)16(8-13)24(20,21)19-9-14-2-1-6-18-14/h3-4,8,12,14,18-19H,1-2,5-7,9-11H2. The fourth-order valence-corrected chi connectivity index (χ4v) is 4.44. The van der Waals surface area contributed by atoms with E-state index in [1.807, 2.05) is 0 Å². The normalized spacial score (nSPS) is 24.4. The van der Waals surface area contributed by atoms with Crippen LogP contribution in [0.15, 0.2) is 23.1 Å². The molecular formula is C16H23ClN2O4S. The van der Waals surface area contributed by atoms with Gasteiger partial charge in [-0.25, -0.2) is 13.1 Å². The van der Waals surface area contributed by atoms with Crippen molar-refractivity contribution in [3.63, 3.8) is 0 Å². The summed E-state index contributed by atoms with van der Waals surface area (Å²) in [6.45, 7) is 3.12. The molecule has 6 nitrogen and oxygen atoms in total. The largest absolute Gasteiger partial charge is 0.492 e. The van der Waals surface area contributed by atoms with Gasteiger partial charge in [-0.2, -0.15) is 0 Å². The fraction of sp³-hybridized carbons (Fsp3) is 0.625. The highest BCUT2D eigenvalue weighted by molar-refractivity contribution is 7.89. The summed E-state index contributed by atoms with van der Waals surface area (Å²) in [5.41, 5.74) is 0. The number of rotatable bonds is 7. The van der Waals surface area contributed by atoms with Crippen molar-refractivity contribution in [2.45, 2.75) is 30.2 Å². The molecule has 134 valence electrons. The van der Waals surface area contributed by atoms with Crippen LogP contribution < -0.4 is 14.8 Å². The lowest BCUT2D eigenvalue weighted by Gasteiger charge is -2.16. The molecule has 0 radical (unpaired) electrons. The quantitative estimate of drug-likeness (QED) is 0.760. The summed E-state index contributed by atoms with van der Waals surface area (Å²) < 4.78 is 39.1. The summed E-state index contributed by atoms with van der Waals surface area (Å²) in [7, 11) is -3.68. The summed E-state index contributed by atoms with van der Waals surface area (Å²) in [4.78, 5) is 0.0897. The Balaban J connectivity index is 1.70. The van der Waals surface area contributed by atoms with Crippen molar-refractivity contribution in [2.24, 2.45) is 5.92 Å². The average Bonchev–Trinajstić information content (AvgIpc) is 3.25. The van der Waals surface area contributed by atoms with E-state index >= 15 is 0 Å². The maximum Gasteiger partial charge on any atom is 0.244 e. The molecule has 2 saturated heterocycles. The summed E-state index contributed by atoms with van der Waals surface area (Å²) in [5, 5.41) is 3.64.